The van der Waals surface area contributed by atoms with Crippen molar-refractivity contribution < 1.29 is 22.6 Å². The van der Waals surface area contributed by atoms with E-state index in [4.69, 9.17) is 4.74 Å². The van der Waals surface area contributed by atoms with E-state index in [9.17, 15) is 13.2 Å². The highest BCUT2D eigenvalue weighted by atomic mass is 19.4. The van der Waals surface area contributed by atoms with E-state index in [-0.39, 0.29) is 0 Å². The van der Waals surface area contributed by atoms with Crippen LogP contribution in [0.25, 0.3) is 0 Å². The van der Waals surface area contributed by atoms with E-state index in [1.165, 1.54) is 0 Å². The maximum absolute atomic E-state index is 11.8. The van der Waals surface area contributed by atoms with Gasteiger partial charge in [0.25, 0.3) is 0 Å². The number of ether oxygens (including phenoxy) is 2. The molecule has 20 heavy (non-hydrogen) atoms. The van der Waals surface area contributed by atoms with E-state index in [0.29, 0.717) is 11.8 Å². The fraction of sp³-hybridized carbons (Fsp3) is 0.571. The van der Waals surface area contributed by atoms with Crippen LogP contribution < -0.4 is 10.1 Å². The molecule has 0 spiro atoms. The number of nitrogens with one attached hydrogen (secondary N) is 1. The summed E-state index contributed by atoms with van der Waals surface area (Å²) in [5, 5.41) is 3.31. The van der Waals surface area contributed by atoms with Crippen molar-refractivity contribution >= 4 is 0 Å². The van der Waals surface area contributed by atoms with Gasteiger partial charge in [0.05, 0.1) is 0 Å². The monoisotopic (exact) mass is 291 g/mol. The topological polar surface area (TPSA) is 30.5 Å². The lowest BCUT2D eigenvalue weighted by molar-refractivity contribution is -0.186. The highest BCUT2D eigenvalue weighted by Crippen LogP contribution is 2.16. The average molecular weight is 291 g/mol. The van der Waals surface area contributed by atoms with Crippen molar-refractivity contribution in [3.8, 4) is 5.75 Å². The van der Waals surface area contributed by atoms with Gasteiger partial charge in [0, 0.05) is 6.04 Å². The van der Waals surface area contributed by atoms with Crippen molar-refractivity contribution in [2.45, 2.75) is 32.5 Å². The van der Waals surface area contributed by atoms with Crippen LogP contribution in [-0.2, 0) is 11.2 Å². The van der Waals surface area contributed by atoms with Crippen LogP contribution in [0.5, 0.6) is 5.75 Å². The molecule has 0 saturated carbocycles. The second kappa shape index (κ2) is 8.11. The number of hydrogen-bond donors (Lipinski definition) is 1. The number of benzene rings is 1. The van der Waals surface area contributed by atoms with Gasteiger partial charge >= 0.3 is 6.18 Å². The molecule has 0 aliphatic heterocycles. The third kappa shape index (κ3) is 7.35. The lowest BCUT2D eigenvalue weighted by Gasteiger charge is -2.13. The van der Waals surface area contributed by atoms with Crippen molar-refractivity contribution in [3.05, 3.63) is 29.8 Å². The van der Waals surface area contributed by atoms with E-state index in [2.05, 4.69) is 17.0 Å². The van der Waals surface area contributed by atoms with E-state index in [1.54, 1.807) is 12.1 Å². The Balaban J connectivity index is 2.31. The summed E-state index contributed by atoms with van der Waals surface area (Å²) in [7, 11) is 0. The van der Waals surface area contributed by atoms with Crippen LogP contribution in [0.2, 0.25) is 0 Å². The van der Waals surface area contributed by atoms with Gasteiger partial charge in [0.2, 0.25) is 0 Å². The summed E-state index contributed by atoms with van der Waals surface area (Å²) in [6.07, 6.45) is -3.44. The van der Waals surface area contributed by atoms with Gasteiger partial charge in [-0.1, -0.05) is 19.1 Å². The van der Waals surface area contributed by atoms with E-state index >= 15 is 0 Å². The lowest BCUT2D eigenvalue weighted by Crippen LogP contribution is -2.27. The first-order chi connectivity index (χ1) is 9.40. The lowest BCUT2D eigenvalue weighted by atomic mass is 10.1. The van der Waals surface area contributed by atoms with Crippen LogP contribution in [0.4, 0.5) is 13.2 Å². The molecule has 0 aliphatic rings. The predicted molar refractivity (Wildman–Crippen MR) is 70.8 cm³/mol. The maximum Gasteiger partial charge on any atom is 0.411 e. The van der Waals surface area contributed by atoms with Crippen LogP contribution in [-0.4, -0.2) is 32.2 Å². The Morgan fingerprint density at radius 1 is 1.20 bits per heavy atom. The van der Waals surface area contributed by atoms with Crippen LogP contribution in [0.3, 0.4) is 0 Å². The molecule has 0 saturated heterocycles. The number of rotatable bonds is 8. The largest absolute Gasteiger partial charge is 0.468 e. The normalized spacial score (nSPS) is 13.2. The Bertz CT molecular complexity index is 379. The standard InChI is InChI=1S/C14H20F3NO2/c1-3-18-11(2)8-12-4-6-13(7-5-12)20-10-19-9-14(15,16)17/h4-7,11,18H,3,8-10H2,1-2H3. The summed E-state index contributed by atoms with van der Waals surface area (Å²) < 4.78 is 44.9. The SMILES string of the molecule is CCNC(C)Cc1ccc(OCOCC(F)(F)F)cc1. The highest BCUT2D eigenvalue weighted by molar-refractivity contribution is 5.27. The van der Waals surface area contributed by atoms with Gasteiger partial charge in [0.15, 0.2) is 6.79 Å². The molecule has 6 heteroatoms. The zero-order valence-corrected chi connectivity index (χ0v) is 11.7. The molecular weight excluding hydrogens is 271 g/mol. The molecule has 1 aromatic carbocycles. The summed E-state index contributed by atoms with van der Waals surface area (Å²) in [6.45, 7) is 3.35. The zero-order chi connectivity index (χ0) is 15.0. The molecule has 1 atom stereocenters. The Labute approximate surface area is 117 Å². The van der Waals surface area contributed by atoms with Crippen molar-refractivity contribution in [1.29, 1.82) is 0 Å². The maximum atomic E-state index is 11.8. The van der Waals surface area contributed by atoms with Crippen molar-refractivity contribution in [2.75, 3.05) is 19.9 Å². The number of alkyl halides is 3. The Morgan fingerprint density at radius 3 is 2.40 bits per heavy atom. The molecule has 0 radical (unpaired) electrons. The molecule has 0 aromatic heterocycles. The van der Waals surface area contributed by atoms with E-state index in [0.717, 1.165) is 18.5 Å². The average Bonchev–Trinajstić information content (AvgIpc) is 2.36. The Kier molecular flexibility index (Phi) is 6.81. The molecule has 0 fully saturated rings. The number of hydrogen-bond acceptors (Lipinski definition) is 3. The molecule has 1 N–H and O–H groups in total. The molecule has 1 unspecified atom stereocenters. The summed E-state index contributed by atoms with van der Waals surface area (Å²) in [6, 6.07) is 7.62. The third-order valence-electron chi connectivity index (χ3n) is 2.59. The van der Waals surface area contributed by atoms with Gasteiger partial charge in [0.1, 0.15) is 12.4 Å². The van der Waals surface area contributed by atoms with Gasteiger partial charge in [-0.3, -0.25) is 0 Å². The van der Waals surface area contributed by atoms with Crippen molar-refractivity contribution in [1.82, 2.24) is 5.32 Å². The molecule has 0 heterocycles. The second-order valence-corrected chi connectivity index (χ2v) is 4.53. The fourth-order valence-corrected chi connectivity index (χ4v) is 1.76. The van der Waals surface area contributed by atoms with Gasteiger partial charge in [-0.25, -0.2) is 0 Å². The smallest absolute Gasteiger partial charge is 0.411 e. The van der Waals surface area contributed by atoms with Crippen molar-refractivity contribution in [3.63, 3.8) is 0 Å². The minimum atomic E-state index is -4.32. The first kappa shape index (κ1) is 16.8. The van der Waals surface area contributed by atoms with Crippen LogP contribution >= 0.6 is 0 Å². The van der Waals surface area contributed by atoms with Gasteiger partial charge in [-0.15, -0.1) is 0 Å². The number of likely N-dealkylation sites (N-methyl/N-ethyl adjacent to an activating group) is 1. The summed E-state index contributed by atoms with van der Waals surface area (Å²) in [4.78, 5) is 0. The fourth-order valence-electron chi connectivity index (χ4n) is 1.76. The van der Waals surface area contributed by atoms with Crippen LogP contribution in [0.15, 0.2) is 24.3 Å². The first-order valence-corrected chi connectivity index (χ1v) is 6.50. The second-order valence-electron chi connectivity index (χ2n) is 4.53. The number of halogens is 3. The predicted octanol–water partition coefficient (Wildman–Crippen LogP) is 3.14. The Hall–Kier alpha value is -1.27. The van der Waals surface area contributed by atoms with Crippen LogP contribution in [0, 0.1) is 0 Å². The molecule has 114 valence electrons. The summed E-state index contributed by atoms with van der Waals surface area (Å²) >= 11 is 0. The quantitative estimate of drug-likeness (QED) is 0.589. The minimum absolute atomic E-state index is 0.377. The van der Waals surface area contributed by atoms with E-state index in [1.807, 2.05) is 19.1 Å². The van der Waals surface area contributed by atoms with Crippen LogP contribution in [0.1, 0.15) is 19.4 Å². The van der Waals surface area contributed by atoms with Gasteiger partial charge < -0.3 is 14.8 Å². The molecular formula is C14H20F3NO2. The molecule has 1 rings (SSSR count). The molecule has 0 aliphatic carbocycles. The molecule has 0 amide bonds. The van der Waals surface area contributed by atoms with Gasteiger partial charge in [-0.2, -0.15) is 13.2 Å². The highest BCUT2D eigenvalue weighted by Gasteiger charge is 2.27. The summed E-state index contributed by atoms with van der Waals surface area (Å²) in [5.41, 5.74) is 1.14. The molecule has 0 bridgehead atoms. The summed E-state index contributed by atoms with van der Waals surface area (Å²) in [5.74, 6) is 0.493. The minimum Gasteiger partial charge on any atom is -0.468 e. The Morgan fingerprint density at radius 2 is 1.85 bits per heavy atom. The molecule has 1 aromatic rings. The zero-order valence-electron chi connectivity index (χ0n) is 11.7. The first-order valence-electron chi connectivity index (χ1n) is 6.50. The molecule has 3 nitrogen and oxygen atoms in total. The van der Waals surface area contributed by atoms with Crippen molar-refractivity contribution in [2.24, 2.45) is 0 Å². The van der Waals surface area contributed by atoms with E-state index < -0.39 is 19.6 Å². The van der Waals surface area contributed by atoms with Gasteiger partial charge in [-0.05, 0) is 37.6 Å². The third-order valence-corrected chi connectivity index (χ3v) is 2.59.